The number of hydrogen-bond donors (Lipinski definition) is 2. The molecule has 0 aliphatic carbocycles. The van der Waals surface area contributed by atoms with Crippen LogP contribution in [0, 0.1) is 0 Å². The highest BCUT2D eigenvalue weighted by Gasteiger charge is 2.31. The maximum Gasteiger partial charge on any atom is 0.327 e. The number of thioether (sulfide) groups is 1. The summed E-state index contributed by atoms with van der Waals surface area (Å²) in [5.74, 6) is -0.242. The van der Waals surface area contributed by atoms with Crippen molar-refractivity contribution in [1.82, 2.24) is 10.2 Å². The molecular weight excluding hydrogens is 312 g/mol. The Morgan fingerprint density at radius 2 is 2.24 bits per heavy atom. The summed E-state index contributed by atoms with van der Waals surface area (Å²) in [6, 6.07) is 2.74. The van der Waals surface area contributed by atoms with E-state index in [9.17, 15) is 14.4 Å². The van der Waals surface area contributed by atoms with E-state index in [1.807, 2.05) is 5.38 Å². The summed E-state index contributed by atoms with van der Waals surface area (Å²) in [6.45, 7) is 0.658. The van der Waals surface area contributed by atoms with Gasteiger partial charge in [-0.15, -0.1) is 11.3 Å². The third-order valence-corrected chi connectivity index (χ3v) is 4.99. The molecule has 6 nitrogen and oxygen atoms in total. The van der Waals surface area contributed by atoms with Crippen molar-refractivity contribution in [2.24, 2.45) is 0 Å². The van der Waals surface area contributed by atoms with E-state index in [2.05, 4.69) is 5.32 Å². The van der Waals surface area contributed by atoms with Gasteiger partial charge in [-0.1, -0.05) is 6.07 Å². The van der Waals surface area contributed by atoms with Crippen LogP contribution in [0.25, 0.3) is 0 Å². The number of carboxylic acids is 1. The predicted octanol–water partition coefficient (Wildman–Crippen LogP) is 0.897. The van der Waals surface area contributed by atoms with E-state index in [-0.39, 0.29) is 24.8 Å². The van der Waals surface area contributed by atoms with Gasteiger partial charge in [0.1, 0.15) is 6.04 Å². The topological polar surface area (TPSA) is 86.7 Å². The Bertz CT molecular complexity index is 518. The van der Waals surface area contributed by atoms with Crippen LogP contribution in [0.2, 0.25) is 0 Å². The SMILES string of the molecule is O=C(NCCC(=O)N1CCSCC1C(=O)O)c1cccs1. The summed E-state index contributed by atoms with van der Waals surface area (Å²) in [7, 11) is 0. The molecule has 1 saturated heterocycles. The van der Waals surface area contributed by atoms with Crippen molar-refractivity contribution in [3.8, 4) is 0 Å². The van der Waals surface area contributed by atoms with Crippen LogP contribution in [-0.2, 0) is 9.59 Å². The first-order chi connectivity index (χ1) is 10.1. The maximum absolute atomic E-state index is 12.1. The van der Waals surface area contributed by atoms with E-state index in [0.717, 1.165) is 5.75 Å². The highest BCUT2D eigenvalue weighted by atomic mass is 32.2. The van der Waals surface area contributed by atoms with Crippen LogP contribution in [-0.4, -0.2) is 58.4 Å². The second-order valence-corrected chi connectivity index (χ2v) is 6.60. The highest BCUT2D eigenvalue weighted by molar-refractivity contribution is 7.99. The first-order valence-electron chi connectivity index (χ1n) is 6.51. The Morgan fingerprint density at radius 1 is 1.43 bits per heavy atom. The smallest absolute Gasteiger partial charge is 0.327 e. The Morgan fingerprint density at radius 3 is 2.90 bits per heavy atom. The molecule has 8 heteroatoms. The number of carboxylic acid groups (broad SMARTS) is 1. The Balaban J connectivity index is 1.81. The molecule has 1 aromatic heterocycles. The molecule has 1 unspecified atom stereocenters. The second kappa shape index (κ2) is 7.46. The van der Waals surface area contributed by atoms with Gasteiger partial charge in [0, 0.05) is 31.0 Å². The fourth-order valence-corrected chi connectivity index (χ4v) is 3.71. The summed E-state index contributed by atoms with van der Waals surface area (Å²) in [4.78, 5) is 36.9. The molecule has 1 aromatic rings. The number of carbonyl (C=O) groups is 3. The lowest BCUT2D eigenvalue weighted by molar-refractivity contribution is -0.149. The zero-order valence-electron chi connectivity index (χ0n) is 11.3. The van der Waals surface area contributed by atoms with Crippen molar-refractivity contribution >= 4 is 40.9 Å². The molecule has 114 valence electrons. The zero-order valence-corrected chi connectivity index (χ0v) is 12.9. The number of rotatable bonds is 5. The molecule has 0 radical (unpaired) electrons. The van der Waals surface area contributed by atoms with Crippen LogP contribution >= 0.6 is 23.1 Å². The molecule has 2 N–H and O–H groups in total. The molecule has 0 spiro atoms. The Labute approximate surface area is 130 Å². The minimum absolute atomic E-state index is 0.117. The molecule has 1 atom stereocenters. The number of carbonyl (C=O) groups excluding carboxylic acids is 2. The zero-order chi connectivity index (χ0) is 15.2. The lowest BCUT2D eigenvalue weighted by atomic mass is 10.2. The van der Waals surface area contributed by atoms with E-state index in [4.69, 9.17) is 5.11 Å². The number of nitrogens with one attached hydrogen (secondary N) is 1. The number of hydrogen-bond acceptors (Lipinski definition) is 5. The van der Waals surface area contributed by atoms with E-state index in [1.165, 1.54) is 28.0 Å². The van der Waals surface area contributed by atoms with Crippen LogP contribution < -0.4 is 5.32 Å². The first-order valence-corrected chi connectivity index (χ1v) is 8.54. The molecule has 0 aromatic carbocycles. The van der Waals surface area contributed by atoms with Crippen molar-refractivity contribution in [3.63, 3.8) is 0 Å². The molecule has 1 aliphatic rings. The number of aliphatic carboxylic acids is 1. The summed E-state index contributed by atoms with van der Waals surface area (Å²) in [5.41, 5.74) is 0. The average molecular weight is 328 g/mol. The highest BCUT2D eigenvalue weighted by Crippen LogP contribution is 2.17. The van der Waals surface area contributed by atoms with Gasteiger partial charge in [-0.2, -0.15) is 11.8 Å². The van der Waals surface area contributed by atoms with Crippen LogP contribution in [0.4, 0.5) is 0 Å². The quantitative estimate of drug-likeness (QED) is 0.838. The molecule has 2 rings (SSSR count). The molecule has 21 heavy (non-hydrogen) atoms. The van der Waals surface area contributed by atoms with E-state index in [1.54, 1.807) is 12.1 Å². The van der Waals surface area contributed by atoms with Gasteiger partial charge in [-0.25, -0.2) is 4.79 Å². The van der Waals surface area contributed by atoms with Gasteiger partial charge in [0.2, 0.25) is 5.91 Å². The molecular formula is C13H16N2O4S2. The van der Waals surface area contributed by atoms with Crippen molar-refractivity contribution in [2.45, 2.75) is 12.5 Å². The molecule has 2 amide bonds. The monoisotopic (exact) mass is 328 g/mol. The molecule has 0 saturated carbocycles. The van der Waals surface area contributed by atoms with Gasteiger partial charge in [-0.3, -0.25) is 9.59 Å². The molecule has 1 fully saturated rings. The van der Waals surface area contributed by atoms with Gasteiger partial charge < -0.3 is 15.3 Å². The van der Waals surface area contributed by atoms with Crippen molar-refractivity contribution in [2.75, 3.05) is 24.6 Å². The molecule has 2 heterocycles. The molecule has 1 aliphatic heterocycles. The van der Waals surface area contributed by atoms with E-state index >= 15 is 0 Å². The van der Waals surface area contributed by atoms with Crippen LogP contribution in [0.15, 0.2) is 17.5 Å². The van der Waals surface area contributed by atoms with E-state index in [0.29, 0.717) is 17.2 Å². The summed E-state index contributed by atoms with van der Waals surface area (Å²) in [5, 5.41) is 13.6. The normalized spacial score (nSPS) is 18.3. The summed E-state index contributed by atoms with van der Waals surface area (Å²) >= 11 is 2.87. The van der Waals surface area contributed by atoms with Crippen LogP contribution in [0.3, 0.4) is 0 Å². The second-order valence-electron chi connectivity index (χ2n) is 4.50. The van der Waals surface area contributed by atoms with E-state index < -0.39 is 12.0 Å². The third kappa shape index (κ3) is 4.21. The van der Waals surface area contributed by atoms with Crippen LogP contribution in [0.5, 0.6) is 0 Å². The number of amides is 2. The maximum atomic E-state index is 12.1. The van der Waals surface area contributed by atoms with Gasteiger partial charge in [0.15, 0.2) is 0 Å². The van der Waals surface area contributed by atoms with Crippen molar-refractivity contribution in [1.29, 1.82) is 0 Å². The lowest BCUT2D eigenvalue weighted by Gasteiger charge is -2.32. The fourth-order valence-electron chi connectivity index (χ4n) is 2.03. The van der Waals surface area contributed by atoms with Crippen molar-refractivity contribution in [3.05, 3.63) is 22.4 Å². The first kappa shape index (κ1) is 15.8. The fraction of sp³-hybridized carbons (Fsp3) is 0.462. The summed E-state index contributed by atoms with van der Waals surface area (Å²) < 4.78 is 0. The predicted molar refractivity (Wildman–Crippen MR) is 81.7 cm³/mol. The average Bonchev–Trinajstić information content (AvgIpc) is 3.01. The summed E-state index contributed by atoms with van der Waals surface area (Å²) in [6.07, 6.45) is 0.117. The Hall–Kier alpha value is -1.54. The Kier molecular flexibility index (Phi) is 5.63. The standard InChI is InChI=1S/C13H16N2O4S2/c16-11(15-5-7-20-8-9(15)13(18)19)3-4-14-12(17)10-2-1-6-21-10/h1-2,6,9H,3-5,7-8H2,(H,14,17)(H,18,19). The lowest BCUT2D eigenvalue weighted by Crippen LogP contribution is -2.50. The third-order valence-electron chi connectivity index (χ3n) is 3.10. The largest absolute Gasteiger partial charge is 0.480 e. The molecule has 0 bridgehead atoms. The van der Waals surface area contributed by atoms with Gasteiger partial charge in [0.05, 0.1) is 4.88 Å². The number of nitrogens with zero attached hydrogens (tertiary/aromatic N) is 1. The minimum atomic E-state index is -0.974. The number of thiophene rings is 1. The van der Waals surface area contributed by atoms with Gasteiger partial charge >= 0.3 is 5.97 Å². The van der Waals surface area contributed by atoms with Gasteiger partial charge in [-0.05, 0) is 11.4 Å². The van der Waals surface area contributed by atoms with Crippen LogP contribution in [0.1, 0.15) is 16.1 Å². The minimum Gasteiger partial charge on any atom is -0.480 e. The van der Waals surface area contributed by atoms with Gasteiger partial charge in [0.25, 0.3) is 5.91 Å². The van der Waals surface area contributed by atoms with Crippen molar-refractivity contribution < 1.29 is 19.5 Å².